The van der Waals surface area contributed by atoms with Crippen LogP contribution >= 0.6 is 0 Å². The zero-order chi connectivity index (χ0) is 14.7. The quantitative estimate of drug-likeness (QED) is 0.917. The van der Waals surface area contributed by atoms with Crippen molar-refractivity contribution in [1.82, 2.24) is 5.32 Å². The Kier molecular flexibility index (Phi) is 4.25. The van der Waals surface area contributed by atoms with Gasteiger partial charge in [-0.1, -0.05) is 18.2 Å². The van der Waals surface area contributed by atoms with Gasteiger partial charge in [0.1, 0.15) is 11.3 Å². The monoisotopic (exact) mass is 287 g/mol. The maximum atomic E-state index is 11.9. The van der Waals surface area contributed by atoms with Gasteiger partial charge < -0.3 is 14.5 Å². The van der Waals surface area contributed by atoms with E-state index >= 15 is 0 Å². The Balaban J connectivity index is 1.53. The number of para-hydroxylation sites is 1. The summed E-state index contributed by atoms with van der Waals surface area (Å²) in [6.45, 7) is 3.31. The summed E-state index contributed by atoms with van der Waals surface area (Å²) in [5.74, 6) is 0.895. The number of furan rings is 1. The maximum Gasteiger partial charge on any atom is 0.220 e. The molecule has 1 aromatic carbocycles. The number of benzene rings is 1. The summed E-state index contributed by atoms with van der Waals surface area (Å²) in [7, 11) is 0. The lowest BCUT2D eigenvalue weighted by Gasteiger charge is -2.08. The van der Waals surface area contributed by atoms with Gasteiger partial charge in [-0.3, -0.25) is 4.79 Å². The number of carbonyl (C=O) groups is 1. The van der Waals surface area contributed by atoms with E-state index in [0.717, 1.165) is 48.2 Å². The number of ether oxygens (including phenoxy) is 1. The van der Waals surface area contributed by atoms with Gasteiger partial charge in [0.2, 0.25) is 5.91 Å². The van der Waals surface area contributed by atoms with E-state index in [1.165, 1.54) is 0 Å². The summed E-state index contributed by atoms with van der Waals surface area (Å²) in [5.41, 5.74) is 1.98. The fourth-order valence-corrected chi connectivity index (χ4v) is 2.82. The predicted molar refractivity (Wildman–Crippen MR) is 81.0 cm³/mol. The molecule has 4 heteroatoms. The third-order valence-electron chi connectivity index (χ3n) is 4.11. The van der Waals surface area contributed by atoms with Crippen LogP contribution in [0.1, 0.15) is 37.0 Å². The molecule has 1 aromatic heterocycles. The molecule has 1 aliphatic rings. The van der Waals surface area contributed by atoms with E-state index in [-0.39, 0.29) is 12.0 Å². The molecular weight excluding hydrogens is 266 g/mol. The number of amides is 1. The number of rotatable bonds is 5. The van der Waals surface area contributed by atoms with Gasteiger partial charge >= 0.3 is 0 Å². The molecule has 112 valence electrons. The van der Waals surface area contributed by atoms with Gasteiger partial charge in [0.25, 0.3) is 0 Å². The van der Waals surface area contributed by atoms with Crippen molar-refractivity contribution >= 4 is 16.9 Å². The van der Waals surface area contributed by atoms with E-state index in [9.17, 15) is 4.79 Å². The average molecular weight is 287 g/mol. The highest BCUT2D eigenvalue weighted by Crippen LogP contribution is 2.24. The highest BCUT2D eigenvalue weighted by molar-refractivity contribution is 5.82. The Morgan fingerprint density at radius 3 is 3.00 bits per heavy atom. The van der Waals surface area contributed by atoms with E-state index < -0.39 is 0 Å². The van der Waals surface area contributed by atoms with Crippen LogP contribution in [-0.2, 0) is 16.1 Å². The summed E-state index contributed by atoms with van der Waals surface area (Å²) < 4.78 is 11.3. The first-order chi connectivity index (χ1) is 10.2. The molecule has 2 heterocycles. The smallest absolute Gasteiger partial charge is 0.220 e. The molecule has 0 spiro atoms. The normalized spacial score (nSPS) is 18.2. The molecular formula is C17H21NO3. The Morgan fingerprint density at radius 2 is 2.24 bits per heavy atom. The van der Waals surface area contributed by atoms with E-state index in [1.54, 1.807) is 0 Å². The maximum absolute atomic E-state index is 11.9. The Bertz CT molecular complexity index is 626. The summed E-state index contributed by atoms with van der Waals surface area (Å²) in [6.07, 6.45) is 3.79. The highest BCUT2D eigenvalue weighted by Gasteiger charge is 2.17. The minimum Gasteiger partial charge on any atom is -0.459 e. The molecule has 0 radical (unpaired) electrons. The molecule has 1 N–H and O–H groups in total. The topological polar surface area (TPSA) is 51.5 Å². The fourth-order valence-electron chi connectivity index (χ4n) is 2.82. The zero-order valence-corrected chi connectivity index (χ0v) is 12.4. The molecule has 1 unspecified atom stereocenters. The SMILES string of the molecule is Cc1c(CNC(=O)CCC2CCCO2)oc2ccccc12. The van der Waals surface area contributed by atoms with Gasteiger partial charge in [-0.25, -0.2) is 0 Å². The molecule has 1 aliphatic heterocycles. The Hall–Kier alpha value is -1.81. The van der Waals surface area contributed by atoms with Crippen LogP contribution in [0.2, 0.25) is 0 Å². The van der Waals surface area contributed by atoms with Crippen LogP contribution in [0.25, 0.3) is 11.0 Å². The van der Waals surface area contributed by atoms with Gasteiger partial charge in [0.15, 0.2) is 0 Å². The van der Waals surface area contributed by atoms with Crippen molar-refractivity contribution < 1.29 is 13.9 Å². The van der Waals surface area contributed by atoms with Gasteiger partial charge in [-0.15, -0.1) is 0 Å². The highest BCUT2D eigenvalue weighted by atomic mass is 16.5. The van der Waals surface area contributed by atoms with Crippen LogP contribution in [0, 0.1) is 6.92 Å². The number of aryl methyl sites for hydroxylation is 1. The number of nitrogens with one attached hydrogen (secondary N) is 1. The van der Waals surface area contributed by atoms with Crippen LogP contribution in [-0.4, -0.2) is 18.6 Å². The largest absolute Gasteiger partial charge is 0.459 e. The first-order valence-electron chi connectivity index (χ1n) is 7.59. The van der Waals surface area contributed by atoms with E-state index in [0.29, 0.717) is 13.0 Å². The van der Waals surface area contributed by atoms with Crippen LogP contribution in [0.3, 0.4) is 0 Å². The number of carbonyl (C=O) groups excluding carboxylic acids is 1. The van der Waals surface area contributed by atoms with Gasteiger partial charge in [-0.05, 0) is 32.3 Å². The van der Waals surface area contributed by atoms with Crippen molar-refractivity contribution in [3.05, 3.63) is 35.6 Å². The summed E-state index contributed by atoms with van der Waals surface area (Å²) in [5, 5.41) is 4.05. The minimum atomic E-state index is 0.0605. The third-order valence-corrected chi connectivity index (χ3v) is 4.11. The standard InChI is InChI=1S/C17H21NO3/c1-12-14-6-2-3-7-15(14)21-16(12)11-18-17(19)9-8-13-5-4-10-20-13/h2-3,6-7,13H,4-5,8-11H2,1H3,(H,18,19). The molecule has 0 aliphatic carbocycles. The van der Waals surface area contributed by atoms with Gasteiger partial charge in [0, 0.05) is 24.0 Å². The van der Waals surface area contributed by atoms with Crippen LogP contribution < -0.4 is 5.32 Å². The van der Waals surface area contributed by atoms with Gasteiger partial charge in [-0.2, -0.15) is 0 Å². The lowest BCUT2D eigenvalue weighted by Crippen LogP contribution is -2.24. The second-order valence-electron chi connectivity index (χ2n) is 5.60. The lowest BCUT2D eigenvalue weighted by atomic mass is 10.1. The fraction of sp³-hybridized carbons (Fsp3) is 0.471. The zero-order valence-electron chi connectivity index (χ0n) is 12.4. The second-order valence-corrected chi connectivity index (χ2v) is 5.60. The molecule has 4 nitrogen and oxygen atoms in total. The molecule has 1 saturated heterocycles. The van der Waals surface area contributed by atoms with Crippen molar-refractivity contribution in [1.29, 1.82) is 0 Å². The molecule has 1 fully saturated rings. The third kappa shape index (κ3) is 3.27. The summed E-state index contributed by atoms with van der Waals surface area (Å²) in [6, 6.07) is 7.94. The van der Waals surface area contributed by atoms with Crippen LogP contribution in [0.4, 0.5) is 0 Å². The molecule has 3 rings (SSSR count). The van der Waals surface area contributed by atoms with E-state index in [2.05, 4.69) is 5.32 Å². The first-order valence-corrected chi connectivity index (χ1v) is 7.59. The number of hydrogen-bond acceptors (Lipinski definition) is 3. The Labute approximate surface area is 124 Å². The average Bonchev–Trinajstić information content (AvgIpc) is 3.12. The number of hydrogen-bond donors (Lipinski definition) is 1. The van der Waals surface area contributed by atoms with E-state index in [4.69, 9.17) is 9.15 Å². The molecule has 1 atom stereocenters. The molecule has 0 saturated carbocycles. The summed E-state index contributed by atoms with van der Waals surface area (Å²) >= 11 is 0. The van der Waals surface area contributed by atoms with Crippen LogP contribution in [0.5, 0.6) is 0 Å². The predicted octanol–water partition coefficient (Wildman–Crippen LogP) is 3.32. The van der Waals surface area contributed by atoms with Gasteiger partial charge in [0.05, 0.1) is 12.6 Å². The van der Waals surface area contributed by atoms with Crippen molar-refractivity contribution in [3.63, 3.8) is 0 Å². The van der Waals surface area contributed by atoms with E-state index in [1.807, 2.05) is 31.2 Å². The first kappa shape index (κ1) is 14.1. The molecule has 2 aromatic rings. The van der Waals surface area contributed by atoms with Crippen molar-refractivity contribution in [2.75, 3.05) is 6.61 Å². The second kappa shape index (κ2) is 6.31. The van der Waals surface area contributed by atoms with Crippen LogP contribution in [0.15, 0.2) is 28.7 Å². The van der Waals surface area contributed by atoms with Crippen molar-refractivity contribution in [3.8, 4) is 0 Å². The molecule has 0 bridgehead atoms. The lowest BCUT2D eigenvalue weighted by molar-refractivity contribution is -0.121. The molecule has 1 amide bonds. The summed E-state index contributed by atoms with van der Waals surface area (Å²) in [4.78, 5) is 11.9. The molecule has 21 heavy (non-hydrogen) atoms. The van der Waals surface area contributed by atoms with Crippen molar-refractivity contribution in [2.24, 2.45) is 0 Å². The Morgan fingerprint density at radius 1 is 1.38 bits per heavy atom. The minimum absolute atomic E-state index is 0.0605. The number of fused-ring (bicyclic) bond motifs is 1. The van der Waals surface area contributed by atoms with Crippen molar-refractivity contribution in [2.45, 2.75) is 45.3 Å².